The van der Waals surface area contributed by atoms with Crippen LogP contribution in [0.4, 0.5) is 0 Å². The van der Waals surface area contributed by atoms with E-state index in [9.17, 15) is 0 Å². The Morgan fingerprint density at radius 3 is 3.08 bits per heavy atom. The highest BCUT2D eigenvalue weighted by Gasteiger charge is 2.06. The maximum Gasteiger partial charge on any atom is 0.254 e. The Balaban J connectivity index is 2.68. The second kappa shape index (κ2) is 3.92. The quantitative estimate of drug-likeness (QED) is 0.729. The first-order valence-electron chi connectivity index (χ1n) is 3.67. The summed E-state index contributed by atoms with van der Waals surface area (Å²) in [6, 6.07) is 1.69. The summed E-state index contributed by atoms with van der Waals surface area (Å²) in [5, 5.41) is 3.64. The molecule has 1 rings (SSSR count). The van der Waals surface area contributed by atoms with Gasteiger partial charge >= 0.3 is 0 Å². The van der Waals surface area contributed by atoms with Crippen LogP contribution in [0.3, 0.4) is 0 Å². The SMILES string of the molecule is C=C(CCN)c1cc(OC)no1. The number of hydrogen-bond donors (Lipinski definition) is 1. The van der Waals surface area contributed by atoms with E-state index in [0.29, 0.717) is 24.6 Å². The normalized spacial score (nSPS) is 9.83. The van der Waals surface area contributed by atoms with E-state index < -0.39 is 0 Å². The monoisotopic (exact) mass is 168 g/mol. The highest BCUT2D eigenvalue weighted by molar-refractivity contribution is 5.59. The maximum absolute atomic E-state index is 5.35. The van der Waals surface area contributed by atoms with Gasteiger partial charge in [-0.3, -0.25) is 0 Å². The van der Waals surface area contributed by atoms with Gasteiger partial charge < -0.3 is 15.0 Å². The standard InChI is InChI=1S/C8H12N2O2/c1-6(3-4-9)7-5-8(11-2)10-12-7/h5H,1,3-4,9H2,2H3. The van der Waals surface area contributed by atoms with Crippen LogP contribution in [0.5, 0.6) is 5.88 Å². The Morgan fingerprint density at radius 2 is 2.58 bits per heavy atom. The number of hydrogen-bond acceptors (Lipinski definition) is 4. The lowest BCUT2D eigenvalue weighted by Gasteiger charge is -1.95. The molecule has 0 bridgehead atoms. The van der Waals surface area contributed by atoms with Crippen molar-refractivity contribution < 1.29 is 9.26 Å². The third-order valence-electron chi connectivity index (χ3n) is 1.49. The van der Waals surface area contributed by atoms with E-state index in [4.69, 9.17) is 15.0 Å². The Bertz CT molecular complexity index is 268. The van der Waals surface area contributed by atoms with Gasteiger partial charge in [0, 0.05) is 6.07 Å². The fourth-order valence-electron chi connectivity index (χ4n) is 0.819. The predicted molar refractivity (Wildman–Crippen MR) is 45.8 cm³/mol. The molecule has 0 aromatic carbocycles. The van der Waals surface area contributed by atoms with Gasteiger partial charge in [-0.25, -0.2) is 0 Å². The van der Waals surface area contributed by atoms with Gasteiger partial charge in [0.2, 0.25) is 0 Å². The van der Waals surface area contributed by atoms with Crippen LogP contribution in [0.2, 0.25) is 0 Å². The van der Waals surface area contributed by atoms with Crippen LogP contribution in [0.25, 0.3) is 5.57 Å². The molecule has 0 fully saturated rings. The molecule has 1 aromatic heterocycles. The van der Waals surface area contributed by atoms with Crippen molar-refractivity contribution in [1.29, 1.82) is 0 Å². The van der Waals surface area contributed by atoms with Crippen LogP contribution >= 0.6 is 0 Å². The predicted octanol–water partition coefficient (Wildman–Crippen LogP) is 1.05. The molecule has 0 aliphatic heterocycles. The van der Waals surface area contributed by atoms with Crippen molar-refractivity contribution in [3.05, 3.63) is 18.4 Å². The Morgan fingerprint density at radius 1 is 1.83 bits per heavy atom. The van der Waals surface area contributed by atoms with Crippen LogP contribution in [0.1, 0.15) is 12.2 Å². The smallest absolute Gasteiger partial charge is 0.254 e. The van der Waals surface area contributed by atoms with Gasteiger partial charge in [0.15, 0.2) is 5.76 Å². The lowest BCUT2D eigenvalue weighted by atomic mass is 10.2. The van der Waals surface area contributed by atoms with Crippen LogP contribution in [0, 0.1) is 0 Å². The van der Waals surface area contributed by atoms with Crippen molar-refractivity contribution in [2.24, 2.45) is 5.73 Å². The zero-order valence-electron chi connectivity index (χ0n) is 7.04. The third kappa shape index (κ3) is 1.85. The van der Waals surface area contributed by atoms with Gasteiger partial charge in [-0.2, -0.15) is 0 Å². The minimum absolute atomic E-state index is 0.461. The molecule has 66 valence electrons. The Hall–Kier alpha value is -1.29. The first-order chi connectivity index (χ1) is 5.77. The maximum atomic E-state index is 5.35. The molecule has 2 N–H and O–H groups in total. The van der Waals surface area contributed by atoms with Crippen LogP contribution in [0.15, 0.2) is 17.2 Å². The Labute approximate surface area is 71.0 Å². The van der Waals surface area contributed by atoms with Gasteiger partial charge in [0.05, 0.1) is 7.11 Å². The molecule has 0 unspecified atom stereocenters. The molecule has 12 heavy (non-hydrogen) atoms. The first-order valence-corrected chi connectivity index (χ1v) is 3.67. The van der Waals surface area contributed by atoms with Crippen molar-refractivity contribution in [3.8, 4) is 5.88 Å². The van der Waals surface area contributed by atoms with Gasteiger partial charge in [-0.15, -0.1) is 0 Å². The summed E-state index contributed by atoms with van der Waals surface area (Å²) < 4.78 is 9.79. The molecular formula is C8H12N2O2. The molecule has 1 aromatic rings. The summed E-state index contributed by atoms with van der Waals surface area (Å²) in [6.07, 6.45) is 0.707. The van der Waals surface area contributed by atoms with Crippen molar-refractivity contribution in [1.82, 2.24) is 5.16 Å². The summed E-state index contributed by atoms with van der Waals surface area (Å²) in [4.78, 5) is 0. The molecule has 0 spiro atoms. The average Bonchev–Trinajstić information content (AvgIpc) is 2.52. The van der Waals surface area contributed by atoms with E-state index in [0.717, 1.165) is 5.57 Å². The van der Waals surface area contributed by atoms with Crippen molar-refractivity contribution in [2.75, 3.05) is 13.7 Å². The first kappa shape index (κ1) is 8.80. The molecule has 0 atom stereocenters. The number of nitrogens with zero attached hydrogens (tertiary/aromatic N) is 1. The fourth-order valence-corrected chi connectivity index (χ4v) is 0.819. The lowest BCUT2D eigenvalue weighted by molar-refractivity contribution is 0.335. The molecule has 4 heteroatoms. The van der Waals surface area contributed by atoms with Gasteiger partial charge in [-0.1, -0.05) is 6.58 Å². The van der Waals surface area contributed by atoms with E-state index in [1.165, 1.54) is 7.11 Å². The summed E-state index contributed by atoms with van der Waals surface area (Å²) in [5.41, 5.74) is 6.19. The highest BCUT2D eigenvalue weighted by atomic mass is 16.5. The second-order valence-electron chi connectivity index (χ2n) is 2.38. The van der Waals surface area contributed by atoms with Crippen LogP contribution in [-0.4, -0.2) is 18.8 Å². The van der Waals surface area contributed by atoms with Crippen molar-refractivity contribution in [3.63, 3.8) is 0 Å². The van der Waals surface area contributed by atoms with E-state index in [2.05, 4.69) is 11.7 Å². The zero-order valence-corrected chi connectivity index (χ0v) is 7.04. The molecule has 0 saturated heterocycles. The summed E-state index contributed by atoms with van der Waals surface area (Å²) >= 11 is 0. The third-order valence-corrected chi connectivity index (χ3v) is 1.49. The molecule has 1 heterocycles. The number of ether oxygens (including phenoxy) is 1. The van der Waals surface area contributed by atoms with Gasteiger partial charge in [0.25, 0.3) is 5.88 Å². The number of rotatable bonds is 4. The average molecular weight is 168 g/mol. The van der Waals surface area contributed by atoms with Crippen molar-refractivity contribution >= 4 is 5.57 Å². The van der Waals surface area contributed by atoms with E-state index in [1.807, 2.05) is 0 Å². The number of nitrogens with two attached hydrogens (primary N) is 1. The molecule has 0 amide bonds. The van der Waals surface area contributed by atoms with Crippen molar-refractivity contribution in [2.45, 2.75) is 6.42 Å². The molecule has 0 aliphatic rings. The molecule has 0 saturated carbocycles. The zero-order chi connectivity index (χ0) is 8.97. The highest BCUT2D eigenvalue weighted by Crippen LogP contribution is 2.19. The van der Waals surface area contributed by atoms with E-state index in [1.54, 1.807) is 6.07 Å². The van der Waals surface area contributed by atoms with Crippen LogP contribution in [-0.2, 0) is 0 Å². The van der Waals surface area contributed by atoms with Crippen LogP contribution < -0.4 is 10.5 Å². The number of aromatic nitrogens is 1. The van der Waals surface area contributed by atoms with Gasteiger partial charge in [0.1, 0.15) is 0 Å². The largest absolute Gasteiger partial charge is 0.479 e. The molecule has 4 nitrogen and oxygen atoms in total. The minimum atomic E-state index is 0.461. The van der Waals surface area contributed by atoms with E-state index >= 15 is 0 Å². The minimum Gasteiger partial charge on any atom is -0.479 e. The molecular weight excluding hydrogens is 156 g/mol. The topological polar surface area (TPSA) is 61.3 Å². The summed E-state index contributed by atoms with van der Waals surface area (Å²) in [6.45, 7) is 4.35. The fraction of sp³-hybridized carbons (Fsp3) is 0.375. The van der Waals surface area contributed by atoms with E-state index in [-0.39, 0.29) is 0 Å². The molecule has 0 aliphatic carbocycles. The van der Waals surface area contributed by atoms with Gasteiger partial charge in [-0.05, 0) is 23.7 Å². The molecule has 0 radical (unpaired) electrons. The summed E-state index contributed by atoms with van der Waals surface area (Å²) in [5.74, 6) is 1.10. The lowest BCUT2D eigenvalue weighted by Crippen LogP contribution is -1.98. The Kier molecular flexibility index (Phi) is 2.88. The summed E-state index contributed by atoms with van der Waals surface area (Å²) in [7, 11) is 1.54. The number of methoxy groups -OCH3 is 1. The second-order valence-corrected chi connectivity index (χ2v) is 2.38.